The summed E-state index contributed by atoms with van der Waals surface area (Å²) in [5.41, 5.74) is 8.30. The maximum absolute atomic E-state index is 11.6. The Hall–Kier alpha value is -1.75. The van der Waals surface area contributed by atoms with Crippen LogP contribution in [-0.2, 0) is 9.47 Å². The molecule has 0 aromatic heterocycles. The van der Waals surface area contributed by atoms with Crippen molar-refractivity contribution < 1.29 is 14.3 Å². The third kappa shape index (κ3) is 2.70. The predicted octanol–water partition coefficient (Wildman–Crippen LogP) is 2.20. The van der Waals surface area contributed by atoms with Crippen molar-refractivity contribution in [1.29, 1.82) is 0 Å². The Morgan fingerprint density at radius 2 is 2.19 bits per heavy atom. The van der Waals surface area contributed by atoms with E-state index in [1.807, 2.05) is 6.07 Å². The van der Waals surface area contributed by atoms with Gasteiger partial charge in [0.05, 0.1) is 42.8 Å². The molecule has 1 saturated carbocycles. The van der Waals surface area contributed by atoms with Crippen molar-refractivity contribution in [2.75, 3.05) is 30.9 Å². The third-order valence-electron chi connectivity index (χ3n) is 4.49. The number of nitrogen functional groups attached to an aromatic ring is 1. The van der Waals surface area contributed by atoms with Gasteiger partial charge >= 0.3 is 5.97 Å². The van der Waals surface area contributed by atoms with Crippen LogP contribution in [0.5, 0.6) is 0 Å². The van der Waals surface area contributed by atoms with E-state index >= 15 is 0 Å². The summed E-state index contributed by atoms with van der Waals surface area (Å²) in [6, 6.07) is 5.82. The zero-order valence-electron chi connectivity index (χ0n) is 12.4. The molecule has 2 atom stereocenters. The highest BCUT2D eigenvalue weighted by molar-refractivity contribution is 5.92. The Balaban J connectivity index is 1.86. The standard InChI is InChI=1S/C16H22N2O3/c1-20-16(19)11-6-7-13(12(17)10-11)18-8-9-21-15-5-3-2-4-14(15)18/h6-7,10,14-15H,2-5,8-9,17H2,1H3. The molecule has 1 aliphatic carbocycles. The van der Waals surface area contributed by atoms with E-state index in [2.05, 4.69) is 4.90 Å². The number of ether oxygens (including phenoxy) is 2. The number of rotatable bonds is 2. The normalized spacial score (nSPS) is 25.3. The molecule has 1 heterocycles. The second-order valence-electron chi connectivity index (χ2n) is 5.72. The van der Waals surface area contributed by atoms with E-state index < -0.39 is 0 Å². The molecule has 1 aromatic carbocycles. The Bertz CT molecular complexity index is 530. The molecule has 1 saturated heterocycles. The van der Waals surface area contributed by atoms with Crippen molar-refractivity contribution in [3.05, 3.63) is 23.8 Å². The van der Waals surface area contributed by atoms with Gasteiger partial charge in [0.2, 0.25) is 0 Å². The Morgan fingerprint density at radius 1 is 1.38 bits per heavy atom. The topological polar surface area (TPSA) is 64.8 Å². The average Bonchev–Trinajstić information content (AvgIpc) is 2.53. The van der Waals surface area contributed by atoms with Crippen molar-refractivity contribution in [2.24, 2.45) is 0 Å². The molecule has 2 aliphatic rings. The first-order chi connectivity index (χ1) is 10.2. The highest BCUT2D eigenvalue weighted by Crippen LogP contribution is 2.35. The van der Waals surface area contributed by atoms with Crippen molar-refractivity contribution in [3.8, 4) is 0 Å². The van der Waals surface area contributed by atoms with E-state index in [4.69, 9.17) is 15.2 Å². The fourth-order valence-corrected chi connectivity index (χ4v) is 3.46. The van der Waals surface area contributed by atoms with E-state index in [1.165, 1.54) is 20.0 Å². The quantitative estimate of drug-likeness (QED) is 0.668. The minimum atomic E-state index is -0.356. The van der Waals surface area contributed by atoms with Crippen LogP contribution in [0.4, 0.5) is 11.4 Å². The molecule has 2 fully saturated rings. The lowest BCUT2D eigenvalue weighted by Crippen LogP contribution is -2.53. The van der Waals surface area contributed by atoms with E-state index in [0.717, 1.165) is 31.7 Å². The van der Waals surface area contributed by atoms with Gasteiger partial charge in [0.25, 0.3) is 0 Å². The number of hydrogen-bond acceptors (Lipinski definition) is 5. The predicted molar refractivity (Wildman–Crippen MR) is 81.5 cm³/mol. The third-order valence-corrected chi connectivity index (χ3v) is 4.49. The van der Waals surface area contributed by atoms with Gasteiger partial charge in [-0.25, -0.2) is 4.79 Å². The average molecular weight is 290 g/mol. The number of hydrogen-bond donors (Lipinski definition) is 1. The second-order valence-corrected chi connectivity index (χ2v) is 5.72. The molecule has 2 unspecified atom stereocenters. The smallest absolute Gasteiger partial charge is 0.337 e. The molecule has 21 heavy (non-hydrogen) atoms. The summed E-state index contributed by atoms with van der Waals surface area (Å²) in [5.74, 6) is -0.356. The number of methoxy groups -OCH3 is 1. The summed E-state index contributed by atoms with van der Waals surface area (Å²) in [5, 5.41) is 0. The monoisotopic (exact) mass is 290 g/mol. The number of nitrogens with two attached hydrogens (primary N) is 1. The van der Waals surface area contributed by atoms with Crippen LogP contribution in [0.2, 0.25) is 0 Å². The largest absolute Gasteiger partial charge is 0.465 e. The van der Waals surface area contributed by atoms with Crippen LogP contribution in [-0.4, -0.2) is 38.4 Å². The molecule has 3 rings (SSSR count). The zero-order chi connectivity index (χ0) is 14.8. The highest BCUT2D eigenvalue weighted by Gasteiger charge is 2.35. The van der Waals surface area contributed by atoms with E-state index in [-0.39, 0.29) is 5.97 Å². The van der Waals surface area contributed by atoms with Gasteiger partial charge in [-0.15, -0.1) is 0 Å². The maximum Gasteiger partial charge on any atom is 0.337 e. The number of carbonyl (C=O) groups is 1. The van der Waals surface area contributed by atoms with Crippen LogP contribution in [0.1, 0.15) is 36.0 Å². The molecule has 0 radical (unpaired) electrons. The van der Waals surface area contributed by atoms with Gasteiger partial charge in [0.1, 0.15) is 0 Å². The van der Waals surface area contributed by atoms with Gasteiger partial charge in [-0.1, -0.05) is 12.8 Å². The number of anilines is 2. The first kappa shape index (κ1) is 14.2. The number of fused-ring (bicyclic) bond motifs is 1. The van der Waals surface area contributed by atoms with Crippen LogP contribution < -0.4 is 10.6 Å². The van der Waals surface area contributed by atoms with Crippen molar-refractivity contribution in [3.63, 3.8) is 0 Å². The first-order valence-corrected chi connectivity index (χ1v) is 7.57. The minimum absolute atomic E-state index is 0.312. The fraction of sp³-hybridized carbons (Fsp3) is 0.562. The van der Waals surface area contributed by atoms with E-state index in [0.29, 0.717) is 23.4 Å². The van der Waals surface area contributed by atoms with Crippen molar-refractivity contribution in [2.45, 2.75) is 37.8 Å². The maximum atomic E-state index is 11.6. The SMILES string of the molecule is COC(=O)c1ccc(N2CCOC3CCCCC32)c(N)c1. The van der Waals surface area contributed by atoms with Gasteiger partial charge in [-0.05, 0) is 31.0 Å². The van der Waals surface area contributed by atoms with Crippen LogP contribution in [0.25, 0.3) is 0 Å². The van der Waals surface area contributed by atoms with Crippen molar-refractivity contribution in [1.82, 2.24) is 0 Å². The first-order valence-electron chi connectivity index (χ1n) is 7.57. The number of morpholine rings is 1. The molecule has 2 N–H and O–H groups in total. The molecular weight excluding hydrogens is 268 g/mol. The van der Waals surface area contributed by atoms with Gasteiger partial charge in [0, 0.05) is 6.54 Å². The Labute approximate surface area is 125 Å². The molecule has 1 aromatic rings. The molecule has 5 heteroatoms. The Kier molecular flexibility index (Phi) is 4.01. The van der Waals surface area contributed by atoms with Crippen LogP contribution in [0.15, 0.2) is 18.2 Å². The van der Waals surface area contributed by atoms with Crippen molar-refractivity contribution >= 4 is 17.3 Å². The summed E-state index contributed by atoms with van der Waals surface area (Å²) in [6.07, 6.45) is 5.06. The number of carbonyl (C=O) groups excluding carboxylic acids is 1. The second kappa shape index (κ2) is 5.93. The summed E-state index contributed by atoms with van der Waals surface area (Å²) in [7, 11) is 1.38. The molecule has 0 bridgehead atoms. The summed E-state index contributed by atoms with van der Waals surface area (Å²) in [4.78, 5) is 13.9. The van der Waals surface area contributed by atoms with Crippen LogP contribution in [0, 0.1) is 0 Å². The lowest BCUT2D eigenvalue weighted by atomic mass is 9.89. The lowest BCUT2D eigenvalue weighted by Gasteiger charge is -2.45. The number of esters is 1. The van der Waals surface area contributed by atoms with Gasteiger partial charge in [-0.3, -0.25) is 0 Å². The fourth-order valence-electron chi connectivity index (χ4n) is 3.46. The van der Waals surface area contributed by atoms with Gasteiger partial charge in [-0.2, -0.15) is 0 Å². The minimum Gasteiger partial charge on any atom is -0.465 e. The Morgan fingerprint density at radius 3 is 2.95 bits per heavy atom. The lowest BCUT2D eigenvalue weighted by molar-refractivity contribution is -0.00862. The molecule has 1 aliphatic heterocycles. The molecular formula is C16H22N2O3. The van der Waals surface area contributed by atoms with E-state index in [9.17, 15) is 4.79 Å². The number of benzene rings is 1. The van der Waals surface area contributed by atoms with Crippen LogP contribution in [0.3, 0.4) is 0 Å². The van der Waals surface area contributed by atoms with Gasteiger partial charge in [0.15, 0.2) is 0 Å². The zero-order valence-corrected chi connectivity index (χ0v) is 12.4. The molecule has 0 amide bonds. The number of nitrogens with zero attached hydrogens (tertiary/aromatic N) is 1. The summed E-state index contributed by atoms with van der Waals surface area (Å²) < 4.78 is 10.6. The summed E-state index contributed by atoms with van der Waals surface area (Å²) in [6.45, 7) is 1.59. The van der Waals surface area contributed by atoms with E-state index in [1.54, 1.807) is 12.1 Å². The highest BCUT2D eigenvalue weighted by atomic mass is 16.5. The summed E-state index contributed by atoms with van der Waals surface area (Å²) >= 11 is 0. The molecule has 5 nitrogen and oxygen atoms in total. The molecule has 114 valence electrons. The molecule has 0 spiro atoms. The van der Waals surface area contributed by atoms with Crippen LogP contribution >= 0.6 is 0 Å². The van der Waals surface area contributed by atoms with Gasteiger partial charge < -0.3 is 20.1 Å².